The van der Waals surface area contributed by atoms with Crippen molar-refractivity contribution in [2.24, 2.45) is 11.8 Å². The standard InChI is InChI=1S/C13H18N2O/c14-15-13(16)12-8-4-3-7-11(12)9-10-5-1-2-6-10/h3-4,7-8,10H,1-2,5-6,9,14H2,(H,15,16). The summed E-state index contributed by atoms with van der Waals surface area (Å²) in [6, 6.07) is 7.73. The van der Waals surface area contributed by atoms with Crippen LogP contribution in [0.15, 0.2) is 24.3 Å². The zero-order chi connectivity index (χ0) is 11.4. The maximum atomic E-state index is 11.6. The molecule has 3 heteroatoms. The number of amides is 1. The van der Waals surface area contributed by atoms with Gasteiger partial charge in [0, 0.05) is 5.56 Å². The molecule has 0 atom stereocenters. The second kappa shape index (κ2) is 5.12. The Morgan fingerprint density at radius 1 is 1.31 bits per heavy atom. The van der Waals surface area contributed by atoms with E-state index in [-0.39, 0.29) is 5.91 Å². The molecule has 3 nitrogen and oxygen atoms in total. The fraction of sp³-hybridized carbons (Fsp3) is 0.462. The Morgan fingerprint density at radius 2 is 2.00 bits per heavy atom. The van der Waals surface area contributed by atoms with E-state index in [1.54, 1.807) is 0 Å². The summed E-state index contributed by atoms with van der Waals surface area (Å²) in [5.41, 5.74) is 4.05. The number of rotatable bonds is 3. The van der Waals surface area contributed by atoms with E-state index in [9.17, 15) is 4.79 Å². The Kier molecular flexibility index (Phi) is 3.57. The molecule has 0 heterocycles. The number of carbonyl (C=O) groups excluding carboxylic acids is 1. The van der Waals surface area contributed by atoms with Gasteiger partial charge in [-0.1, -0.05) is 43.9 Å². The Balaban J connectivity index is 2.15. The zero-order valence-corrected chi connectivity index (χ0v) is 9.41. The molecular weight excluding hydrogens is 200 g/mol. The lowest BCUT2D eigenvalue weighted by Crippen LogP contribution is -2.31. The molecule has 86 valence electrons. The molecule has 1 aliphatic rings. The predicted octanol–water partition coefficient (Wildman–Crippen LogP) is 2.02. The lowest BCUT2D eigenvalue weighted by molar-refractivity contribution is 0.0952. The topological polar surface area (TPSA) is 55.1 Å². The molecule has 2 rings (SSSR count). The Hall–Kier alpha value is -1.35. The quantitative estimate of drug-likeness (QED) is 0.463. The molecule has 16 heavy (non-hydrogen) atoms. The summed E-state index contributed by atoms with van der Waals surface area (Å²) in [5.74, 6) is 5.74. The fourth-order valence-corrected chi connectivity index (χ4v) is 2.52. The molecule has 0 aromatic heterocycles. The number of benzene rings is 1. The van der Waals surface area contributed by atoms with Gasteiger partial charge in [-0.05, 0) is 24.0 Å². The summed E-state index contributed by atoms with van der Waals surface area (Å²) in [7, 11) is 0. The number of hydrogen-bond donors (Lipinski definition) is 2. The van der Waals surface area contributed by atoms with Gasteiger partial charge >= 0.3 is 0 Å². The fourth-order valence-electron chi connectivity index (χ4n) is 2.52. The third kappa shape index (κ3) is 2.42. The van der Waals surface area contributed by atoms with Crippen molar-refractivity contribution in [3.63, 3.8) is 0 Å². The molecule has 1 aromatic carbocycles. The first-order valence-corrected chi connectivity index (χ1v) is 5.90. The summed E-state index contributed by atoms with van der Waals surface area (Å²) in [6.07, 6.45) is 6.24. The van der Waals surface area contributed by atoms with Crippen LogP contribution in [0.4, 0.5) is 0 Å². The van der Waals surface area contributed by atoms with E-state index in [4.69, 9.17) is 5.84 Å². The summed E-state index contributed by atoms with van der Waals surface area (Å²) in [4.78, 5) is 11.6. The molecule has 0 saturated heterocycles. The molecule has 1 saturated carbocycles. The third-order valence-corrected chi connectivity index (χ3v) is 3.38. The van der Waals surface area contributed by atoms with E-state index in [0.717, 1.165) is 23.5 Å². The van der Waals surface area contributed by atoms with Crippen LogP contribution in [0.3, 0.4) is 0 Å². The summed E-state index contributed by atoms with van der Waals surface area (Å²) >= 11 is 0. The van der Waals surface area contributed by atoms with Crippen LogP contribution in [0.1, 0.15) is 41.6 Å². The Morgan fingerprint density at radius 3 is 2.69 bits per heavy atom. The highest BCUT2D eigenvalue weighted by molar-refractivity contribution is 5.95. The summed E-state index contributed by atoms with van der Waals surface area (Å²) < 4.78 is 0. The molecule has 0 unspecified atom stereocenters. The highest BCUT2D eigenvalue weighted by atomic mass is 16.2. The van der Waals surface area contributed by atoms with Crippen molar-refractivity contribution in [2.75, 3.05) is 0 Å². The van der Waals surface area contributed by atoms with Crippen molar-refractivity contribution < 1.29 is 4.79 Å². The maximum absolute atomic E-state index is 11.6. The number of carbonyl (C=O) groups is 1. The Bertz CT molecular complexity index is 370. The maximum Gasteiger partial charge on any atom is 0.265 e. The van der Waals surface area contributed by atoms with Gasteiger partial charge < -0.3 is 0 Å². The smallest absolute Gasteiger partial charge is 0.265 e. The second-order valence-corrected chi connectivity index (χ2v) is 4.49. The first-order valence-electron chi connectivity index (χ1n) is 5.90. The van der Waals surface area contributed by atoms with E-state index >= 15 is 0 Å². The van der Waals surface area contributed by atoms with E-state index in [2.05, 4.69) is 5.43 Å². The van der Waals surface area contributed by atoms with Crippen molar-refractivity contribution in [1.29, 1.82) is 0 Å². The van der Waals surface area contributed by atoms with Crippen molar-refractivity contribution >= 4 is 5.91 Å². The number of hydrazine groups is 1. The normalized spacial score (nSPS) is 16.3. The molecule has 1 fully saturated rings. The summed E-state index contributed by atoms with van der Waals surface area (Å²) in [5, 5.41) is 0. The van der Waals surface area contributed by atoms with Gasteiger partial charge in [-0.2, -0.15) is 0 Å². The van der Waals surface area contributed by atoms with E-state index in [1.165, 1.54) is 25.7 Å². The minimum absolute atomic E-state index is 0.186. The average Bonchev–Trinajstić information content (AvgIpc) is 2.82. The SMILES string of the molecule is NNC(=O)c1ccccc1CC1CCCC1. The molecule has 0 spiro atoms. The van der Waals surface area contributed by atoms with Crippen LogP contribution in [-0.4, -0.2) is 5.91 Å². The number of nitrogen functional groups attached to an aromatic ring is 1. The van der Waals surface area contributed by atoms with E-state index in [0.29, 0.717) is 0 Å². The van der Waals surface area contributed by atoms with E-state index < -0.39 is 0 Å². The van der Waals surface area contributed by atoms with Crippen LogP contribution in [0.25, 0.3) is 0 Å². The molecule has 3 N–H and O–H groups in total. The van der Waals surface area contributed by atoms with Gasteiger partial charge in [0.05, 0.1) is 0 Å². The number of nitrogens with one attached hydrogen (secondary N) is 1. The van der Waals surface area contributed by atoms with Gasteiger partial charge in [0.1, 0.15) is 0 Å². The molecule has 0 radical (unpaired) electrons. The van der Waals surface area contributed by atoms with Crippen LogP contribution >= 0.6 is 0 Å². The van der Waals surface area contributed by atoms with Gasteiger partial charge in [-0.3, -0.25) is 10.2 Å². The largest absolute Gasteiger partial charge is 0.290 e. The van der Waals surface area contributed by atoms with Crippen LogP contribution < -0.4 is 11.3 Å². The monoisotopic (exact) mass is 218 g/mol. The average molecular weight is 218 g/mol. The number of nitrogens with two attached hydrogens (primary N) is 1. The lowest BCUT2D eigenvalue weighted by Gasteiger charge is -2.12. The molecule has 0 aliphatic heterocycles. The van der Waals surface area contributed by atoms with Gasteiger partial charge in [-0.15, -0.1) is 0 Å². The molecular formula is C13H18N2O. The van der Waals surface area contributed by atoms with Crippen LogP contribution in [0, 0.1) is 5.92 Å². The molecule has 1 amide bonds. The second-order valence-electron chi connectivity index (χ2n) is 4.49. The predicted molar refractivity (Wildman–Crippen MR) is 63.8 cm³/mol. The van der Waals surface area contributed by atoms with Crippen LogP contribution in [0.2, 0.25) is 0 Å². The number of hydrogen-bond acceptors (Lipinski definition) is 2. The Labute approximate surface area is 96.0 Å². The minimum atomic E-state index is -0.186. The molecule has 1 aliphatic carbocycles. The highest BCUT2D eigenvalue weighted by Gasteiger charge is 2.18. The zero-order valence-electron chi connectivity index (χ0n) is 9.41. The third-order valence-electron chi connectivity index (χ3n) is 3.38. The van der Waals surface area contributed by atoms with Crippen molar-refractivity contribution in [2.45, 2.75) is 32.1 Å². The first-order chi connectivity index (χ1) is 7.81. The van der Waals surface area contributed by atoms with Gasteiger partial charge in [0.15, 0.2) is 0 Å². The highest BCUT2D eigenvalue weighted by Crippen LogP contribution is 2.28. The van der Waals surface area contributed by atoms with Crippen LogP contribution in [-0.2, 0) is 6.42 Å². The van der Waals surface area contributed by atoms with Crippen molar-refractivity contribution in [3.8, 4) is 0 Å². The van der Waals surface area contributed by atoms with E-state index in [1.807, 2.05) is 24.3 Å². The summed E-state index contributed by atoms with van der Waals surface area (Å²) in [6.45, 7) is 0. The van der Waals surface area contributed by atoms with Crippen molar-refractivity contribution in [3.05, 3.63) is 35.4 Å². The van der Waals surface area contributed by atoms with Gasteiger partial charge in [-0.25, -0.2) is 5.84 Å². The van der Waals surface area contributed by atoms with Crippen molar-refractivity contribution in [1.82, 2.24) is 5.43 Å². The van der Waals surface area contributed by atoms with Gasteiger partial charge in [0.2, 0.25) is 0 Å². The minimum Gasteiger partial charge on any atom is -0.290 e. The molecule has 0 bridgehead atoms. The lowest BCUT2D eigenvalue weighted by atomic mass is 9.94. The van der Waals surface area contributed by atoms with Gasteiger partial charge in [0.25, 0.3) is 5.91 Å². The van der Waals surface area contributed by atoms with Crippen LogP contribution in [0.5, 0.6) is 0 Å². The first kappa shape index (κ1) is 11.1. The molecule has 1 aromatic rings.